The van der Waals surface area contributed by atoms with Crippen molar-refractivity contribution in [2.24, 2.45) is 0 Å². The number of rotatable bonds is 6. The van der Waals surface area contributed by atoms with Crippen LogP contribution >= 0.6 is 0 Å². The minimum Gasteiger partial charge on any atom is -0.488 e. The van der Waals surface area contributed by atoms with E-state index in [2.05, 4.69) is 5.32 Å². The van der Waals surface area contributed by atoms with E-state index in [4.69, 9.17) is 4.74 Å². The first kappa shape index (κ1) is 21.4. The van der Waals surface area contributed by atoms with E-state index in [1.807, 2.05) is 66.7 Å². The Morgan fingerprint density at radius 2 is 1.56 bits per heavy atom. The molecule has 1 aliphatic heterocycles. The molecule has 5 rings (SSSR count). The summed E-state index contributed by atoms with van der Waals surface area (Å²) < 4.78 is 19.3. The molecule has 0 atom stereocenters. The zero-order valence-corrected chi connectivity index (χ0v) is 18.2. The highest BCUT2D eigenvalue weighted by atomic mass is 19.1. The molecular formula is C28H21FN2O3. The first-order valence-electron chi connectivity index (χ1n) is 10.9. The fourth-order valence-corrected chi connectivity index (χ4v) is 3.92. The minimum absolute atomic E-state index is 0.184. The lowest BCUT2D eigenvalue weighted by Crippen LogP contribution is -2.30. The monoisotopic (exact) mass is 452 g/mol. The summed E-state index contributed by atoms with van der Waals surface area (Å²) >= 11 is 0. The summed E-state index contributed by atoms with van der Waals surface area (Å²) in [5.41, 5.74) is 2.54. The van der Waals surface area contributed by atoms with Crippen LogP contribution in [-0.4, -0.2) is 16.8 Å². The highest BCUT2D eigenvalue weighted by Crippen LogP contribution is 2.31. The number of imide groups is 1. The van der Waals surface area contributed by atoms with Crippen LogP contribution in [0.4, 0.5) is 9.18 Å². The molecule has 0 aliphatic carbocycles. The molecule has 0 saturated carbocycles. The third kappa shape index (κ3) is 4.38. The normalized spacial score (nSPS) is 14.6. The van der Waals surface area contributed by atoms with Crippen molar-refractivity contribution in [1.82, 2.24) is 10.2 Å². The number of nitrogens with one attached hydrogen (secondary N) is 1. The maximum absolute atomic E-state index is 13.2. The minimum atomic E-state index is -0.464. The summed E-state index contributed by atoms with van der Waals surface area (Å²) in [4.78, 5) is 26.8. The van der Waals surface area contributed by atoms with Gasteiger partial charge in [-0.25, -0.2) is 9.18 Å². The number of halogens is 1. The van der Waals surface area contributed by atoms with Crippen LogP contribution in [0, 0.1) is 5.82 Å². The van der Waals surface area contributed by atoms with Crippen molar-refractivity contribution in [3.8, 4) is 5.75 Å². The lowest BCUT2D eigenvalue weighted by molar-refractivity contribution is -0.123. The third-order valence-corrected chi connectivity index (χ3v) is 5.67. The fraction of sp³-hybridized carbons (Fsp3) is 0.0714. The van der Waals surface area contributed by atoms with Gasteiger partial charge in [0.25, 0.3) is 5.91 Å². The van der Waals surface area contributed by atoms with Crippen molar-refractivity contribution < 1.29 is 18.7 Å². The SMILES string of the molecule is O=C1N/C(=C/c2c(OCc3ccc(F)cc3)ccc3ccccc23)C(=O)N1Cc1ccccc1. The molecule has 6 heteroatoms. The Morgan fingerprint density at radius 1 is 0.824 bits per heavy atom. The number of carbonyl (C=O) groups is 2. The largest absolute Gasteiger partial charge is 0.488 e. The zero-order valence-electron chi connectivity index (χ0n) is 18.2. The second kappa shape index (κ2) is 9.19. The molecule has 3 amide bonds. The van der Waals surface area contributed by atoms with Gasteiger partial charge in [0.05, 0.1) is 6.54 Å². The van der Waals surface area contributed by atoms with E-state index in [9.17, 15) is 14.0 Å². The van der Waals surface area contributed by atoms with E-state index in [0.29, 0.717) is 11.3 Å². The van der Waals surface area contributed by atoms with Gasteiger partial charge in [-0.15, -0.1) is 0 Å². The standard InChI is InChI=1S/C28H21FN2O3/c29-22-13-10-20(11-14-22)18-34-26-15-12-21-8-4-5-9-23(21)24(26)16-25-27(32)31(28(33)30-25)17-19-6-2-1-3-7-19/h1-16H,17-18H2,(H,30,33)/b25-16+. The molecule has 168 valence electrons. The number of nitrogens with zero attached hydrogens (tertiary/aromatic N) is 1. The van der Waals surface area contributed by atoms with Crippen LogP contribution in [0.25, 0.3) is 16.8 Å². The zero-order chi connectivity index (χ0) is 23.5. The lowest BCUT2D eigenvalue weighted by Gasteiger charge is -2.13. The van der Waals surface area contributed by atoms with Gasteiger partial charge in [-0.2, -0.15) is 0 Å². The van der Waals surface area contributed by atoms with Gasteiger partial charge in [-0.05, 0) is 46.2 Å². The topological polar surface area (TPSA) is 58.6 Å². The van der Waals surface area contributed by atoms with Crippen LogP contribution < -0.4 is 10.1 Å². The maximum atomic E-state index is 13.2. The van der Waals surface area contributed by atoms with Crippen molar-refractivity contribution in [3.05, 3.63) is 119 Å². The first-order valence-corrected chi connectivity index (χ1v) is 10.9. The smallest absolute Gasteiger partial charge is 0.329 e. The Labute approximate surface area is 196 Å². The van der Waals surface area contributed by atoms with Gasteiger partial charge in [0.1, 0.15) is 23.9 Å². The molecule has 1 fully saturated rings. The average molecular weight is 452 g/mol. The second-order valence-electron chi connectivity index (χ2n) is 7.98. The molecule has 0 radical (unpaired) electrons. The summed E-state index contributed by atoms with van der Waals surface area (Å²) in [6.45, 7) is 0.418. The number of hydrogen-bond donors (Lipinski definition) is 1. The number of carbonyl (C=O) groups excluding carboxylic acids is 2. The van der Waals surface area contributed by atoms with E-state index in [-0.39, 0.29) is 24.7 Å². The second-order valence-corrected chi connectivity index (χ2v) is 7.98. The molecule has 4 aromatic rings. The third-order valence-electron chi connectivity index (χ3n) is 5.67. The van der Waals surface area contributed by atoms with Gasteiger partial charge in [-0.3, -0.25) is 9.69 Å². The highest BCUT2D eigenvalue weighted by molar-refractivity contribution is 6.14. The Morgan fingerprint density at radius 3 is 2.35 bits per heavy atom. The molecule has 0 bridgehead atoms. The maximum Gasteiger partial charge on any atom is 0.329 e. The molecule has 1 aliphatic rings. The molecule has 34 heavy (non-hydrogen) atoms. The Bertz CT molecular complexity index is 1400. The van der Waals surface area contributed by atoms with E-state index in [1.54, 1.807) is 18.2 Å². The number of amides is 3. The Balaban J connectivity index is 1.48. The molecular weight excluding hydrogens is 431 g/mol. The van der Waals surface area contributed by atoms with E-state index >= 15 is 0 Å². The van der Waals surface area contributed by atoms with Gasteiger partial charge in [0, 0.05) is 5.56 Å². The molecule has 0 unspecified atom stereocenters. The molecule has 5 nitrogen and oxygen atoms in total. The van der Waals surface area contributed by atoms with E-state index < -0.39 is 11.9 Å². The predicted molar refractivity (Wildman–Crippen MR) is 128 cm³/mol. The van der Waals surface area contributed by atoms with Crippen LogP contribution in [0.5, 0.6) is 5.75 Å². The molecule has 4 aromatic carbocycles. The summed E-state index contributed by atoms with van der Waals surface area (Å²) in [6, 6.07) is 26.5. The number of fused-ring (bicyclic) bond motifs is 1. The molecule has 0 aromatic heterocycles. The summed E-state index contributed by atoms with van der Waals surface area (Å²) in [5, 5.41) is 4.55. The molecule has 0 spiro atoms. The number of urea groups is 1. The van der Waals surface area contributed by atoms with Crippen LogP contribution in [0.2, 0.25) is 0 Å². The van der Waals surface area contributed by atoms with Crippen molar-refractivity contribution in [1.29, 1.82) is 0 Å². The molecule has 1 N–H and O–H groups in total. The number of hydrogen-bond acceptors (Lipinski definition) is 3. The van der Waals surface area contributed by atoms with Gasteiger partial charge in [0.2, 0.25) is 0 Å². The van der Waals surface area contributed by atoms with Crippen molar-refractivity contribution in [2.75, 3.05) is 0 Å². The van der Waals surface area contributed by atoms with Crippen LogP contribution in [-0.2, 0) is 17.9 Å². The van der Waals surface area contributed by atoms with E-state index in [1.165, 1.54) is 17.0 Å². The van der Waals surface area contributed by atoms with Gasteiger partial charge in [0.15, 0.2) is 0 Å². The van der Waals surface area contributed by atoms with Crippen LogP contribution in [0.3, 0.4) is 0 Å². The van der Waals surface area contributed by atoms with E-state index in [0.717, 1.165) is 21.9 Å². The van der Waals surface area contributed by atoms with Crippen molar-refractivity contribution >= 4 is 28.8 Å². The Kier molecular flexibility index (Phi) is 5.79. The molecule has 1 saturated heterocycles. The van der Waals surface area contributed by atoms with Crippen molar-refractivity contribution in [2.45, 2.75) is 13.2 Å². The number of benzene rings is 4. The summed E-state index contributed by atoms with van der Waals surface area (Å²) in [5.74, 6) is -0.152. The van der Waals surface area contributed by atoms with Crippen LogP contribution in [0.1, 0.15) is 16.7 Å². The number of ether oxygens (including phenoxy) is 1. The van der Waals surface area contributed by atoms with Crippen LogP contribution in [0.15, 0.2) is 96.7 Å². The Hall–Kier alpha value is -4.45. The predicted octanol–water partition coefficient (Wildman–Crippen LogP) is 5.65. The lowest BCUT2D eigenvalue weighted by atomic mass is 10.0. The van der Waals surface area contributed by atoms with Gasteiger partial charge in [-0.1, -0.05) is 72.8 Å². The first-order chi connectivity index (χ1) is 16.6. The average Bonchev–Trinajstić information content (AvgIpc) is 3.12. The fourth-order valence-electron chi connectivity index (χ4n) is 3.92. The quantitative estimate of drug-likeness (QED) is 0.304. The molecule has 1 heterocycles. The van der Waals surface area contributed by atoms with Gasteiger partial charge >= 0.3 is 6.03 Å². The summed E-state index contributed by atoms with van der Waals surface area (Å²) in [7, 11) is 0. The summed E-state index contributed by atoms with van der Waals surface area (Å²) in [6.07, 6.45) is 1.66. The highest BCUT2D eigenvalue weighted by Gasteiger charge is 2.33. The van der Waals surface area contributed by atoms with Crippen molar-refractivity contribution in [3.63, 3.8) is 0 Å². The van der Waals surface area contributed by atoms with Gasteiger partial charge < -0.3 is 10.1 Å².